The van der Waals surface area contributed by atoms with Crippen LogP contribution >= 0.6 is 45.8 Å². The fraction of sp³-hybridized carbons (Fsp3) is 0. The molecule has 7 heteroatoms. The molecule has 0 spiro atoms. The van der Waals surface area contributed by atoms with Crippen molar-refractivity contribution in [2.45, 2.75) is 0 Å². The summed E-state index contributed by atoms with van der Waals surface area (Å²) in [6.45, 7) is 0. The van der Waals surface area contributed by atoms with E-state index < -0.39 is 5.91 Å². The van der Waals surface area contributed by atoms with E-state index in [0.717, 1.165) is 5.56 Å². The largest absolute Gasteiger partial charge is 0.507 e. The molecule has 0 radical (unpaired) electrons. The van der Waals surface area contributed by atoms with Gasteiger partial charge in [0.25, 0.3) is 5.91 Å². The van der Waals surface area contributed by atoms with Crippen LogP contribution in [-0.2, 0) is 0 Å². The van der Waals surface area contributed by atoms with E-state index in [1.165, 1.54) is 12.3 Å². The van der Waals surface area contributed by atoms with Gasteiger partial charge in [0.2, 0.25) is 0 Å². The van der Waals surface area contributed by atoms with E-state index in [1.54, 1.807) is 30.3 Å². The third-order valence-corrected chi connectivity index (χ3v) is 4.14. The summed E-state index contributed by atoms with van der Waals surface area (Å²) in [4.78, 5) is 11.9. The molecule has 2 aromatic carbocycles. The van der Waals surface area contributed by atoms with Crippen molar-refractivity contribution in [3.63, 3.8) is 0 Å². The highest BCUT2D eigenvalue weighted by atomic mass is 127. The Bertz CT molecular complexity index is 720. The van der Waals surface area contributed by atoms with Gasteiger partial charge in [0, 0.05) is 5.56 Å². The highest BCUT2D eigenvalue weighted by molar-refractivity contribution is 14.1. The number of hydrogen-bond acceptors (Lipinski definition) is 3. The molecular weight excluding hydrogens is 426 g/mol. The molecule has 1 amide bonds. The summed E-state index contributed by atoms with van der Waals surface area (Å²) in [7, 11) is 0. The lowest BCUT2D eigenvalue weighted by molar-refractivity contribution is 0.0955. The lowest BCUT2D eigenvalue weighted by atomic mass is 10.2. The van der Waals surface area contributed by atoms with E-state index in [1.807, 2.05) is 22.6 Å². The van der Waals surface area contributed by atoms with Crippen molar-refractivity contribution < 1.29 is 9.90 Å². The summed E-state index contributed by atoms with van der Waals surface area (Å²) in [6, 6.07) is 9.56. The highest BCUT2D eigenvalue weighted by Gasteiger charge is 2.06. The van der Waals surface area contributed by atoms with Gasteiger partial charge in [-0.25, -0.2) is 5.43 Å². The van der Waals surface area contributed by atoms with Gasteiger partial charge in [0.15, 0.2) is 0 Å². The fourth-order valence-electron chi connectivity index (χ4n) is 1.47. The normalized spacial score (nSPS) is 10.8. The van der Waals surface area contributed by atoms with E-state index in [4.69, 9.17) is 23.2 Å². The maximum Gasteiger partial charge on any atom is 0.271 e. The molecule has 0 bridgehead atoms. The Morgan fingerprint density at radius 2 is 1.95 bits per heavy atom. The molecule has 4 nitrogen and oxygen atoms in total. The van der Waals surface area contributed by atoms with Crippen LogP contribution in [0.5, 0.6) is 5.75 Å². The first-order chi connectivity index (χ1) is 9.97. The number of amides is 1. The number of nitrogens with zero attached hydrogens (tertiary/aromatic N) is 1. The summed E-state index contributed by atoms with van der Waals surface area (Å²) < 4.78 is 0.701. The fourth-order valence-corrected chi connectivity index (χ4v) is 2.31. The number of benzene rings is 2. The Morgan fingerprint density at radius 1 is 1.19 bits per heavy atom. The Labute approximate surface area is 144 Å². The lowest BCUT2D eigenvalue weighted by Crippen LogP contribution is -2.17. The zero-order chi connectivity index (χ0) is 15.4. The maximum absolute atomic E-state index is 11.9. The molecular formula is C14H9Cl2IN2O2. The second-order valence-corrected chi connectivity index (χ2v) is 6.02. The van der Waals surface area contributed by atoms with Crippen molar-refractivity contribution in [2.24, 2.45) is 5.10 Å². The van der Waals surface area contributed by atoms with E-state index in [-0.39, 0.29) is 5.75 Å². The molecule has 0 aliphatic rings. The third kappa shape index (κ3) is 4.33. The van der Waals surface area contributed by atoms with Gasteiger partial charge in [-0.1, -0.05) is 23.2 Å². The number of nitrogens with one attached hydrogen (secondary N) is 1. The first kappa shape index (κ1) is 16.1. The number of halogens is 3. The van der Waals surface area contributed by atoms with Gasteiger partial charge in [0.1, 0.15) is 5.75 Å². The van der Waals surface area contributed by atoms with E-state index >= 15 is 0 Å². The van der Waals surface area contributed by atoms with Crippen LogP contribution < -0.4 is 5.43 Å². The summed E-state index contributed by atoms with van der Waals surface area (Å²) >= 11 is 13.6. The molecule has 0 saturated carbocycles. The highest BCUT2D eigenvalue weighted by Crippen LogP contribution is 2.22. The Kier molecular flexibility index (Phi) is 5.44. The molecule has 0 aliphatic carbocycles. The molecule has 0 aromatic heterocycles. The number of hydrogen-bond donors (Lipinski definition) is 2. The van der Waals surface area contributed by atoms with Gasteiger partial charge >= 0.3 is 0 Å². The molecule has 0 atom stereocenters. The van der Waals surface area contributed by atoms with Crippen molar-refractivity contribution in [1.29, 1.82) is 0 Å². The predicted octanol–water partition coefficient (Wildman–Crippen LogP) is 4.07. The van der Waals surface area contributed by atoms with Gasteiger partial charge < -0.3 is 5.11 Å². The van der Waals surface area contributed by atoms with Crippen LogP contribution in [0.25, 0.3) is 0 Å². The summed E-state index contributed by atoms with van der Waals surface area (Å²) in [5, 5.41) is 14.0. The average Bonchev–Trinajstić information content (AvgIpc) is 2.45. The number of phenolic OH excluding ortho intramolecular Hbond substituents is 1. The van der Waals surface area contributed by atoms with Crippen LogP contribution in [0.1, 0.15) is 15.9 Å². The van der Waals surface area contributed by atoms with Gasteiger partial charge in [-0.3, -0.25) is 4.79 Å². The standard InChI is InChI=1S/C14H9Cl2IN2O2/c15-10-3-2-9(6-11(10)16)14(21)19-18-7-8-1-4-13(20)12(17)5-8/h1-7,20H,(H,19,21)/b18-7-. The van der Waals surface area contributed by atoms with Crippen molar-refractivity contribution in [2.75, 3.05) is 0 Å². The van der Waals surface area contributed by atoms with Gasteiger partial charge in [-0.05, 0) is 64.6 Å². The minimum Gasteiger partial charge on any atom is -0.507 e. The van der Waals surface area contributed by atoms with Crippen LogP contribution in [0.3, 0.4) is 0 Å². The van der Waals surface area contributed by atoms with E-state index in [0.29, 0.717) is 19.2 Å². The molecule has 0 aliphatic heterocycles. The molecule has 108 valence electrons. The molecule has 2 N–H and O–H groups in total. The molecule has 0 heterocycles. The summed E-state index contributed by atoms with van der Waals surface area (Å²) in [6.07, 6.45) is 1.48. The van der Waals surface area contributed by atoms with Crippen molar-refractivity contribution >= 4 is 57.9 Å². The van der Waals surface area contributed by atoms with Crippen molar-refractivity contribution in [3.05, 3.63) is 61.1 Å². The minimum atomic E-state index is -0.390. The first-order valence-electron chi connectivity index (χ1n) is 5.74. The molecule has 0 fully saturated rings. The number of hydrazone groups is 1. The molecule has 0 saturated heterocycles. The van der Waals surface area contributed by atoms with Crippen LogP contribution in [0.2, 0.25) is 10.0 Å². The third-order valence-electron chi connectivity index (χ3n) is 2.53. The maximum atomic E-state index is 11.9. The molecule has 2 rings (SSSR count). The van der Waals surface area contributed by atoms with Crippen LogP contribution in [0.4, 0.5) is 0 Å². The number of carbonyl (C=O) groups is 1. The quantitative estimate of drug-likeness (QED) is 0.434. The Morgan fingerprint density at radius 3 is 2.62 bits per heavy atom. The zero-order valence-electron chi connectivity index (χ0n) is 10.5. The molecule has 0 unspecified atom stereocenters. The first-order valence-corrected chi connectivity index (χ1v) is 7.58. The SMILES string of the molecule is O=C(N/N=C\c1ccc(O)c(I)c1)c1ccc(Cl)c(Cl)c1. The molecule has 21 heavy (non-hydrogen) atoms. The Hall–Kier alpha value is -1.31. The second kappa shape index (κ2) is 7.11. The summed E-state index contributed by atoms with van der Waals surface area (Å²) in [5.74, 6) is -0.189. The minimum absolute atomic E-state index is 0.201. The van der Waals surface area contributed by atoms with E-state index in [2.05, 4.69) is 10.5 Å². The van der Waals surface area contributed by atoms with Crippen molar-refractivity contribution in [1.82, 2.24) is 5.43 Å². The topological polar surface area (TPSA) is 61.7 Å². The van der Waals surface area contributed by atoms with Crippen LogP contribution in [0, 0.1) is 3.57 Å². The average molecular weight is 435 g/mol. The smallest absolute Gasteiger partial charge is 0.271 e. The van der Waals surface area contributed by atoms with Crippen LogP contribution in [-0.4, -0.2) is 17.2 Å². The summed E-state index contributed by atoms with van der Waals surface area (Å²) in [5.41, 5.74) is 3.51. The molecule has 2 aromatic rings. The van der Waals surface area contributed by atoms with Crippen LogP contribution in [0.15, 0.2) is 41.5 Å². The number of aromatic hydroxyl groups is 1. The monoisotopic (exact) mass is 434 g/mol. The zero-order valence-corrected chi connectivity index (χ0v) is 14.1. The number of phenols is 1. The number of carbonyl (C=O) groups excluding carboxylic acids is 1. The predicted molar refractivity (Wildman–Crippen MR) is 92.3 cm³/mol. The second-order valence-electron chi connectivity index (χ2n) is 4.04. The number of rotatable bonds is 3. The Balaban J connectivity index is 2.04. The van der Waals surface area contributed by atoms with Gasteiger partial charge in [0.05, 0.1) is 19.8 Å². The van der Waals surface area contributed by atoms with Crippen molar-refractivity contribution in [3.8, 4) is 5.75 Å². The van der Waals surface area contributed by atoms with Gasteiger partial charge in [-0.15, -0.1) is 0 Å². The lowest BCUT2D eigenvalue weighted by Gasteiger charge is -2.02. The van der Waals surface area contributed by atoms with Gasteiger partial charge in [-0.2, -0.15) is 5.10 Å². The van der Waals surface area contributed by atoms with E-state index in [9.17, 15) is 9.90 Å².